The van der Waals surface area contributed by atoms with Crippen molar-refractivity contribution < 1.29 is 19.4 Å². The predicted octanol–water partition coefficient (Wildman–Crippen LogP) is 3.33. The van der Waals surface area contributed by atoms with Gasteiger partial charge in [0.2, 0.25) is 0 Å². The Kier molecular flexibility index (Phi) is 5.46. The number of carboxylic acid groups (broad SMARTS) is 1. The number of morpholine rings is 1. The lowest BCUT2D eigenvalue weighted by molar-refractivity contribution is -0.137. The van der Waals surface area contributed by atoms with E-state index in [0.717, 1.165) is 23.6 Å². The molecule has 1 atom stereocenters. The molecule has 0 saturated carbocycles. The van der Waals surface area contributed by atoms with E-state index >= 15 is 0 Å². The van der Waals surface area contributed by atoms with Gasteiger partial charge >= 0.3 is 5.97 Å². The highest BCUT2D eigenvalue weighted by Gasteiger charge is 2.22. The Morgan fingerprint density at radius 1 is 1.12 bits per heavy atom. The highest BCUT2D eigenvalue weighted by molar-refractivity contribution is 5.66. The fourth-order valence-corrected chi connectivity index (χ4v) is 2.74. The number of nitrogens with zero attached hydrogens (tertiary/aromatic N) is 1. The third-order valence-corrected chi connectivity index (χ3v) is 4.02. The second kappa shape index (κ2) is 7.95. The van der Waals surface area contributed by atoms with Crippen LogP contribution < -0.4 is 4.74 Å². The lowest BCUT2D eigenvalue weighted by Crippen LogP contribution is -2.39. The first-order valence-corrected chi connectivity index (χ1v) is 8.09. The molecule has 0 aromatic heterocycles. The highest BCUT2D eigenvalue weighted by Crippen LogP contribution is 2.26. The molecule has 1 heterocycles. The standard InChI is InChI=1S/C19H21NO4/c21-19(22)10-11-20-12-13-23-18(14-20)15-6-8-17(9-7-15)24-16-4-2-1-3-5-16/h1-9,18H,10-14H2,(H,21,22). The second-order valence-electron chi connectivity index (χ2n) is 5.79. The van der Waals surface area contributed by atoms with E-state index in [-0.39, 0.29) is 12.5 Å². The summed E-state index contributed by atoms with van der Waals surface area (Å²) in [6, 6.07) is 17.5. The molecule has 3 rings (SSSR count). The maximum absolute atomic E-state index is 10.7. The molecule has 2 aromatic rings. The Bertz CT molecular complexity index is 657. The number of hydrogen-bond acceptors (Lipinski definition) is 4. The molecule has 24 heavy (non-hydrogen) atoms. The molecule has 126 valence electrons. The van der Waals surface area contributed by atoms with E-state index in [1.807, 2.05) is 54.6 Å². The van der Waals surface area contributed by atoms with Crippen molar-refractivity contribution in [3.63, 3.8) is 0 Å². The van der Waals surface area contributed by atoms with E-state index < -0.39 is 5.97 Å². The minimum absolute atomic E-state index is 0.0293. The fraction of sp³-hybridized carbons (Fsp3) is 0.316. The number of ether oxygens (including phenoxy) is 2. The summed E-state index contributed by atoms with van der Waals surface area (Å²) in [6.45, 7) is 2.67. The second-order valence-corrected chi connectivity index (χ2v) is 5.79. The molecular weight excluding hydrogens is 306 g/mol. The van der Waals surface area contributed by atoms with Crippen molar-refractivity contribution in [2.24, 2.45) is 0 Å². The minimum atomic E-state index is -0.763. The number of carbonyl (C=O) groups is 1. The normalized spacial score (nSPS) is 18.2. The summed E-state index contributed by atoms with van der Waals surface area (Å²) in [4.78, 5) is 12.8. The van der Waals surface area contributed by atoms with Gasteiger partial charge in [0.1, 0.15) is 11.5 Å². The molecule has 0 amide bonds. The molecule has 0 spiro atoms. The van der Waals surface area contributed by atoms with E-state index in [9.17, 15) is 4.79 Å². The minimum Gasteiger partial charge on any atom is -0.481 e. The smallest absolute Gasteiger partial charge is 0.304 e. The summed E-state index contributed by atoms with van der Waals surface area (Å²) in [6.07, 6.45) is 0.134. The Morgan fingerprint density at radius 2 is 1.83 bits per heavy atom. The zero-order chi connectivity index (χ0) is 16.8. The maximum Gasteiger partial charge on any atom is 0.304 e. The van der Waals surface area contributed by atoms with Gasteiger partial charge in [-0.1, -0.05) is 30.3 Å². The first-order valence-electron chi connectivity index (χ1n) is 8.09. The zero-order valence-electron chi connectivity index (χ0n) is 13.4. The van der Waals surface area contributed by atoms with Crippen LogP contribution in [0.15, 0.2) is 54.6 Å². The van der Waals surface area contributed by atoms with Crippen LogP contribution in [0, 0.1) is 0 Å². The summed E-state index contributed by atoms with van der Waals surface area (Å²) < 4.78 is 11.6. The van der Waals surface area contributed by atoms with Gasteiger partial charge < -0.3 is 14.6 Å². The van der Waals surface area contributed by atoms with Gasteiger partial charge in [0, 0.05) is 19.6 Å². The van der Waals surface area contributed by atoms with Gasteiger partial charge in [-0.2, -0.15) is 0 Å². The van der Waals surface area contributed by atoms with Crippen LogP contribution in [0.2, 0.25) is 0 Å². The lowest BCUT2D eigenvalue weighted by Gasteiger charge is -2.32. The van der Waals surface area contributed by atoms with Crippen molar-refractivity contribution in [2.75, 3.05) is 26.2 Å². The lowest BCUT2D eigenvalue weighted by atomic mass is 10.1. The fourth-order valence-electron chi connectivity index (χ4n) is 2.74. The van der Waals surface area contributed by atoms with Gasteiger partial charge in [-0.25, -0.2) is 0 Å². The van der Waals surface area contributed by atoms with Crippen LogP contribution in [0.1, 0.15) is 18.1 Å². The number of para-hydroxylation sites is 1. The summed E-state index contributed by atoms with van der Waals surface area (Å²) >= 11 is 0. The molecule has 5 nitrogen and oxygen atoms in total. The van der Waals surface area contributed by atoms with Gasteiger partial charge in [-0.05, 0) is 29.8 Å². The van der Waals surface area contributed by atoms with E-state index in [2.05, 4.69) is 4.90 Å². The molecule has 1 saturated heterocycles. The molecule has 1 fully saturated rings. The number of aliphatic carboxylic acids is 1. The molecule has 0 bridgehead atoms. The van der Waals surface area contributed by atoms with E-state index in [0.29, 0.717) is 19.7 Å². The van der Waals surface area contributed by atoms with Crippen molar-refractivity contribution in [3.8, 4) is 11.5 Å². The predicted molar refractivity (Wildman–Crippen MR) is 90.3 cm³/mol. The average Bonchev–Trinajstić information content (AvgIpc) is 2.62. The molecule has 0 aliphatic carbocycles. The third kappa shape index (κ3) is 4.57. The maximum atomic E-state index is 10.7. The number of hydrogen-bond donors (Lipinski definition) is 1. The average molecular weight is 327 g/mol. The van der Waals surface area contributed by atoms with Crippen molar-refractivity contribution in [1.82, 2.24) is 4.90 Å². The van der Waals surface area contributed by atoms with Crippen LogP contribution in [0.25, 0.3) is 0 Å². The molecule has 1 N–H and O–H groups in total. The Hall–Kier alpha value is -2.37. The topological polar surface area (TPSA) is 59.0 Å². The molecule has 1 aliphatic rings. The highest BCUT2D eigenvalue weighted by atomic mass is 16.5. The van der Waals surface area contributed by atoms with E-state index in [1.54, 1.807) is 0 Å². The zero-order valence-corrected chi connectivity index (χ0v) is 13.4. The SMILES string of the molecule is O=C(O)CCN1CCOC(c2ccc(Oc3ccccc3)cc2)C1. The van der Waals surface area contributed by atoms with Gasteiger partial charge in [-0.3, -0.25) is 9.69 Å². The quantitative estimate of drug-likeness (QED) is 0.882. The number of benzene rings is 2. The van der Waals surface area contributed by atoms with Crippen LogP contribution >= 0.6 is 0 Å². The monoisotopic (exact) mass is 327 g/mol. The van der Waals surface area contributed by atoms with Crippen LogP contribution in [0.4, 0.5) is 0 Å². The Morgan fingerprint density at radius 3 is 2.54 bits per heavy atom. The van der Waals surface area contributed by atoms with Crippen molar-refractivity contribution in [1.29, 1.82) is 0 Å². The van der Waals surface area contributed by atoms with Gasteiger partial charge in [0.15, 0.2) is 0 Å². The van der Waals surface area contributed by atoms with E-state index in [4.69, 9.17) is 14.6 Å². The largest absolute Gasteiger partial charge is 0.481 e. The molecule has 1 unspecified atom stereocenters. The number of rotatable bonds is 6. The van der Waals surface area contributed by atoms with Crippen LogP contribution in [0.3, 0.4) is 0 Å². The summed E-state index contributed by atoms with van der Waals surface area (Å²) in [5.41, 5.74) is 1.08. The molecule has 2 aromatic carbocycles. The number of carboxylic acids is 1. The molecule has 5 heteroatoms. The van der Waals surface area contributed by atoms with Crippen molar-refractivity contribution in [3.05, 3.63) is 60.2 Å². The van der Waals surface area contributed by atoms with Crippen LogP contribution in [0.5, 0.6) is 11.5 Å². The molecular formula is C19H21NO4. The van der Waals surface area contributed by atoms with Crippen molar-refractivity contribution >= 4 is 5.97 Å². The van der Waals surface area contributed by atoms with E-state index in [1.165, 1.54) is 0 Å². The Balaban J connectivity index is 1.59. The van der Waals surface area contributed by atoms with Crippen LogP contribution in [-0.4, -0.2) is 42.2 Å². The first-order chi connectivity index (χ1) is 11.7. The third-order valence-electron chi connectivity index (χ3n) is 4.02. The Labute approximate surface area is 141 Å². The molecule has 1 aliphatic heterocycles. The summed E-state index contributed by atoms with van der Waals surface area (Å²) in [5.74, 6) is 0.822. The van der Waals surface area contributed by atoms with Crippen LogP contribution in [-0.2, 0) is 9.53 Å². The first kappa shape index (κ1) is 16.5. The van der Waals surface area contributed by atoms with Gasteiger partial charge in [0.25, 0.3) is 0 Å². The van der Waals surface area contributed by atoms with Gasteiger partial charge in [0.05, 0.1) is 19.1 Å². The summed E-state index contributed by atoms with van der Waals surface area (Å²) in [5, 5.41) is 8.81. The van der Waals surface area contributed by atoms with Gasteiger partial charge in [-0.15, -0.1) is 0 Å². The van der Waals surface area contributed by atoms with Crippen molar-refractivity contribution in [2.45, 2.75) is 12.5 Å². The molecule has 0 radical (unpaired) electrons. The summed E-state index contributed by atoms with van der Waals surface area (Å²) in [7, 11) is 0.